The number of Topliss-reactive ketones (excluding diaryl/α,β-unsaturated/α-hetero) is 1. The van der Waals surface area contributed by atoms with Gasteiger partial charge in [-0.2, -0.15) is 0 Å². The maximum atomic E-state index is 11.6. The van der Waals surface area contributed by atoms with Crippen LogP contribution in [0.25, 0.3) is 0 Å². The molecule has 2 nitrogen and oxygen atoms in total. The van der Waals surface area contributed by atoms with Crippen LogP contribution in [0.1, 0.15) is 23.7 Å². The number of carbonyl (C=O) groups excluding carboxylic acids is 1. The molecule has 0 atom stereocenters. The molecule has 0 aromatic heterocycles. The lowest BCUT2D eigenvalue weighted by Crippen LogP contribution is -2.04. The number of carbonyl (C=O) groups is 1. The van der Waals surface area contributed by atoms with Gasteiger partial charge in [-0.15, -0.1) is 0 Å². The molecule has 0 N–H and O–H groups in total. The first-order valence-electron chi connectivity index (χ1n) is 4.71. The lowest BCUT2D eigenvalue weighted by Gasteiger charge is -2.03. The summed E-state index contributed by atoms with van der Waals surface area (Å²) in [4.78, 5) is 11.6. The van der Waals surface area contributed by atoms with Crippen molar-refractivity contribution >= 4 is 29.0 Å². The molecule has 15 heavy (non-hydrogen) atoms. The second-order valence-electron chi connectivity index (χ2n) is 3.00. The van der Waals surface area contributed by atoms with E-state index in [1.807, 2.05) is 6.92 Å². The van der Waals surface area contributed by atoms with Crippen molar-refractivity contribution in [3.8, 4) is 0 Å². The van der Waals surface area contributed by atoms with Crippen molar-refractivity contribution in [1.82, 2.24) is 0 Å². The summed E-state index contributed by atoms with van der Waals surface area (Å²) in [5, 5.41) is 0.858. The average molecular weight is 247 g/mol. The smallest absolute Gasteiger partial charge is 0.165 e. The summed E-state index contributed by atoms with van der Waals surface area (Å²) in [6, 6.07) is 4.87. The highest BCUT2D eigenvalue weighted by atomic mass is 35.5. The highest BCUT2D eigenvalue weighted by Crippen LogP contribution is 2.23. The van der Waals surface area contributed by atoms with Gasteiger partial charge in [0.2, 0.25) is 0 Å². The second-order valence-corrected chi connectivity index (χ2v) is 3.81. The van der Waals surface area contributed by atoms with Gasteiger partial charge in [0, 0.05) is 18.6 Å². The molecule has 0 amide bonds. The van der Waals surface area contributed by atoms with Gasteiger partial charge in [0.15, 0.2) is 5.78 Å². The molecule has 1 rings (SSSR count). The van der Waals surface area contributed by atoms with E-state index in [4.69, 9.17) is 27.9 Å². The molecule has 0 fully saturated rings. The maximum absolute atomic E-state index is 11.6. The molecule has 82 valence electrons. The van der Waals surface area contributed by atoms with Crippen LogP contribution in [0.5, 0.6) is 0 Å². The van der Waals surface area contributed by atoms with Gasteiger partial charge in [-0.3, -0.25) is 4.79 Å². The summed E-state index contributed by atoms with van der Waals surface area (Å²) < 4.78 is 5.10. The Balaban J connectivity index is 2.62. The van der Waals surface area contributed by atoms with Crippen molar-refractivity contribution in [3.63, 3.8) is 0 Å². The molecular weight excluding hydrogens is 235 g/mol. The third-order valence-corrected chi connectivity index (χ3v) is 2.66. The number of ether oxygens (including phenoxy) is 1. The topological polar surface area (TPSA) is 26.3 Å². The van der Waals surface area contributed by atoms with Gasteiger partial charge in [-0.25, -0.2) is 0 Å². The molecule has 1 aromatic rings. The van der Waals surface area contributed by atoms with Crippen molar-refractivity contribution in [2.24, 2.45) is 0 Å². The molecule has 0 spiro atoms. The van der Waals surface area contributed by atoms with Crippen molar-refractivity contribution in [2.75, 3.05) is 13.2 Å². The van der Waals surface area contributed by atoms with E-state index < -0.39 is 0 Å². The summed E-state index contributed by atoms with van der Waals surface area (Å²) in [5.41, 5.74) is 0.573. The molecule has 4 heteroatoms. The number of benzene rings is 1. The SMILES string of the molecule is CCOCCC(=O)c1ccc(Cl)c(Cl)c1. The van der Waals surface area contributed by atoms with Gasteiger partial charge in [0.1, 0.15) is 0 Å². The largest absolute Gasteiger partial charge is 0.381 e. The molecule has 0 aliphatic carbocycles. The van der Waals surface area contributed by atoms with E-state index in [2.05, 4.69) is 0 Å². The normalized spacial score (nSPS) is 10.3. The monoisotopic (exact) mass is 246 g/mol. The summed E-state index contributed by atoms with van der Waals surface area (Å²) in [7, 11) is 0. The molecule has 0 saturated carbocycles. The number of rotatable bonds is 5. The Morgan fingerprint density at radius 1 is 1.33 bits per heavy atom. The zero-order chi connectivity index (χ0) is 11.3. The fraction of sp³-hybridized carbons (Fsp3) is 0.364. The quantitative estimate of drug-likeness (QED) is 0.587. The molecule has 0 radical (unpaired) electrons. The van der Waals surface area contributed by atoms with Crippen LogP contribution in [0.15, 0.2) is 18.2 Å². The fourth-order valence-electron chi connectivity index (χ4n) is 1.12. The Labute approximate surface area is 99.1 Å². The fourth-order valence-corrected chi connectivity index (χ4v) is 1.42. The molecular formula is C11H12Cl2O2. The number of halogens is 2. The van der Waals surface area contributed by atoms with Crippen LogP contribution in [0.4, 0.5) is 0 Å². The standard InChI is InChI=1S/C11H12Cl2O2/c1-2-15-6-5-11(14)8-3-4-9(12)10(13)7-8/h3-4,7H,2,5-6H2,1H3. The average Bonchev–Trinajstić information content (AvgIpc) is 2.22. The molecule has 0 bridgehead atoms. The zero-order valence-electron chi connectivity index (χ0n) is 8.43. The van der Waals surface area contributed by atoms with Gasteiger partial charge in [0.25, 0.3) is 0 Å². The van der Waals surface area contributed by atoms with Crippen LogP contribution >= 0.6 is 23.2 Å². The van der Waals surface area contributed by atoms with Crippen LogP contribution in [0, 0.1) is 0 Å². The van der Waals surface area contributed by atoms with E-state index in [0.717, 1.165) is 0 Å². The van der Waals surface area contributed by atoms with Gasteiger partial charge in [-0.1, -0.05) is 23.2 Å². The van der Waals surface area contributed by atoms with Gasteiger partial charge >= 0.3 is 0 Å². The Hall–Kier alpha value is -0.570. The van der Waals surface area contributed by atoms with Gasteiger partial charge in [-0.05, 0) is 25.1 Å². The molecule has 0 aliphatic rings. The molecule has 0 unspecified atom stereocenters. The van der Waals surface area contributed by atoms with E-state index in [1.165, 1.54) is 0 Å². The minimum absolute atomic E-state index is 0.0158. The van der Waals surface area contributed by atoms with Crippen LogP contribution in [-0.2, 0) is 4.74 Å². The zero-order valence-corrected chi connectivity index (χ0v) is 9.94. The Morgan fingerprint density at radius 2 is 2.07 bits per heavy atom. The molecule has 0 heterocycles. The van der Waals surface area contributed by atoms with Crippen LogP contribution < -0.4 is 0 Å². The van der Waals surface area contributed by atoms with Crippen molar-refractivity contribution in [1.29, 1.82) is 0 Å². The first kappa shape index (κ1) is 12.5. The Kier molecular flexibility index (Phi) is 5.09. The summed E-state index contributed by atoms with van der Waals surface area (Å²) in [5.74, 6) is 0.0158. The molecule has 0 saturated heterocycles. The highest BCUT2D eigenvalue weighted by molar-refractivity contribution is 6.42. The van der Waals surface area contributed by atoms with E-state index in [1.54, 1.807) is 18.2 Å². The summed E-state index contributed by atoms with van der Waals surface area (Å²) in [6.45, 7) is 2.95. The van der Waals surface area contributed by atoms with Crippen molar-refractivity contribution in [2.45, 2.75) is 13.3 Å². The van der Waals surface area contributed by atoms with Crippen LogP contribution in [0.3, 0.4) is 0 Å². The van der Waals surface area contributed by atoms with Crippen LogP contribution in [0.2, 0.25) is 10.0 Å². The third kappa shape index (κ3) is 3.82. The second kappa shape index (κ2) is 6.11. The maximum Gasteiger partial charge on any atom is 0.165 e. The first-order chi connectivity index (χ1) is 7.15. The summed E-state index contributed by atoms with van der Waals surface area (Å²) >= 11 is 11.5. The molecule has 0 aliphatic heterocycles. The van der Waals surface area contributed by atoms with Crippen LogP contribution in [-0.4, -0.2) is 19.0 Å². The van der Waals surface area contributed by atoms with E-state index in [0.29, 0.717) is 35.2 Å². The summed E-state index contributed by atoms with van der Waals surface area (Å²) in [6.07, 6.45) is 0.367. The minimum atomic E-state index is 0.0158. The van der Waals surface area contributed by atoms with Gasteiger partial charge < -0.3 is 4.74 Å². The number of hydrogen-bond acceptors (Lipinski definition) is 2. The molecule has 1 aromatic carbocycles. The first-order valence-corrected chi connectivity index (χ1v) is 5.46. The van der Waals surface area contributed by atoms with Crippen molar-refractivity contribution < 1.29 is 9.53 Å². The Bertz CT molecular complexity index is 350. The van der Waals surface area contributed by atoms with E-state index in [-0.39, 0.29) is 5.78 Å². The van der Waals surface area contributed by atoms with Crippen molar-refractivity contribution in [3.05, 3.63) is 33.8 Å². The number of hydrogen-bond donors (Lipinski definition) is 0. The predicted molar refractivity (Wildman–Crippen MR) is 61.9 cm³/mol. The lowest BCUT2D eigenvalue weighted by atomic mass is 10.1. The minimum Gasteiger partial charge on any atom is -0.381 e. The third-order valence-electron chi connectivity index (χ3n) is 1.92. The van der Waals surface area contributed by atoms with E-state index in [9.17, 15) is 4.79 Å². The Morgan fingerprint density at radius 3 is 2.67 bits per heavy atom. The lowest BCUT2D eigenvalue weighted by molar-refractivity contribution is 0.0896. The number of ketones is 1. The highest BCUT2D eigenvalue weighted by Gasteiger charge is 2.07. The predicted octanol–water partition coefficient (Wildman–Crippen LogP) is 3.60. The van der Waals surface area contributed by atoms with Gasteiger partial charge in [0.05, 0.1) is 16.7 Å². The van der Waals surface area contributed by atoms with E-state index >= 15 is 0 Å².